The van der Waals surface area contributed by atoms with Gasteiger partial charge in [-0.1, -0.05) is 36.4 Å². The van der Waals surface area contributed by atoms with Gasteiger partial charge in [0.05, 0.1) is 6.54 Å². The summed E-state index contributed by atoms with van der Waals surface area (Å²) in [6.45, 7) is 2.78. The fourth-order valence-corrected chi connectivity index (χ4v) is 4.75. The molecule has 4 N–H and O–H groups in total. The SMILES string of the molecule is CC(C[C@H](N)/C=C/C(=O)N1CCc2cc(C#N)sc2C1)N/C=C(\C(=N)C(F)(F)F)c1ccccc1. The maximum atomic E-state index is 13.2. The normalized spacial score (nSPS) is 15.9. The Morgan fingerprint density at radius 3 is 2.74 bits per heavy atom. The fourth-order valence-electron chi connectivity index (χ4n) is 3.72. The molecule has 1 aromatic heterocycles. The van der Waals surface area contributed by atoms with E-state index in [1.165, 1.54) is 35.7 Å². The molecule has 1 unspecified atom stereocenters. The summed E-state index contributed by atoms with van der Waals surface area (Å²) in [4.78, 5) is 15.9. The number of fused-ring (bicyclic) bond motifs is 1. The highest BCUT2D eigenvalue weighted by Gasteiger charge is 2.37. The number of nitrogens with zero attached hydrogens (tertiary/aromatic N) is 2. The third kappa shape index (κ3) is 7.04. The molecule has 0 fully saturated rings. The van der Waals surface area contributed by atoms with Crippen LogP contribution in [0.2, 0.25) is 0 Å². The Balaban J connectivity index is 1.57. The van der Waals surface area contributed by atoms with Gasteiger partial charge < -0.3 is 16.0 Å². The first-order chi connectivity index (χ1) is 16.6. The van der Waals surface area contributed by atoms with E-state index >= 15 is 0 Å². The van der Waals surface area contributed by atoms with Crippen LogP contribution in [0.3, 0.4) is 0 Å². The Hall–Kier alpha value is -3.42. The number of nitriles is 1. The minimum atomic E-state index is -4.78. The van der Waals surface area contributed by atoms with E-state index in [2.05, 4.69) is 11.4 Å². The van der Waals surface area contributed by atoms with Gasteiger partial charge in [0.15, 0.2) is 0 Å². The van der Waals surface area contributed by atoms with E-state index in [-0.39, 0.29) is 23.1 Å². The number of nitrogens with one attached hydrogen (secondary N) is 2. The Bertz CT molecular complexity index is 1160. The monoisotopic (exact) mass is 501 g/mol. The van der Waals surface area contributed by atoms with Gasteiger partial charge >= 0.3 is 6.18 Å². The van der Waals surface area contributed by atoms with Gasteiger partial charge in [-0.15, -0.1) is 11.3 Å². The maximum Gasteiger partial charge on any atom is 0.433 e. The van der Waals surface area contributed by atoms with E-state index in [1.54, 1.807) is 36.1 Å². The molecule has 0 aliphatic carbocycles. The number of carbonyl (C=O) groups excluding carboxylic acids is 1. The van der Waals surface area contributed by atoms with E-state index in [9.17, 15) is 18.0 Å². The van der Waals surface area contributed by atoms with Crippen LogP contribution in [0.25, 0.3) is 5.57 Å². The smallest absolute Gasteiger partial charge is 0.388 e. The molecule has 3 rings (SSSR count). The van der Waals surface area contributed by atoms with Gasteiger partial charge in [0, 0.05) is 41.4 Å². The van der Waals surface area contributed by atoms with Crippen molar-refractivity contribution in [2.75, 3.05) is 6.54 Å². The molecule has 35 heavy (non-hydrogen) atoms. The Kier molecular flexibility index (Phi) is 8.48. The summed E-state index contributed by atoms with van der Waals surface area (Å²) in [6.07, 6.45) is 0.488. The van der Waals surface area contributed by atoms with Crippen LogP contribution in [-0.2, 0) is 17.8 Å². The predicted octanol–water partition coefficient (Wildman–Crippen LogP) is 4.38. The minimum absolute atomic E-state index is 0.177. The number of allylic oxidation sites excluding steroid dienone is 1. The molecule has 0 spiro atoms. The van der Waals surface area contributed by atoms with Crippen LogP contribution in [0.1, 0.15) is 34.2 Å². The summed E-state index contributed by atoms with van der Waals surface area (Å²) in [7, 11) is 0. The molecule has 0 saturated heterocycles. The van der Waals surface area contributed by atoms with Crippen molar-refractivity contribution in [1.82, 2.24) is 10.2 Å². The summed E-state index contributed by atoms with van der Waals surface area (Å²) in [5.41, 5.74) is 5.81. The number of carbonyl (C=O) groups is 1. The molecule has 10 heteroatoms. The molecule has 1 aromatic carbocycles. The molecule has 0 bridgehead atoms. The second-order valence-corrected chi connectivity index (χ2v) is 9.44. The second-order valence-electron chi connectivity index (χ2n) is 8.30. The summed E-state index contributed by atoms with van der Waals surface area (Å²) in [6, 6.07) is 11.1. The Morgan fingerprint density at radius 2 is 2.09 bits per heavy atom. The van der Waals surface area contributed by atoms with Crippen molar-refractivity contribution in [3.05, 3.63) is 75.6 Å². The van der Waals surface area contributed by atoms with Gasteiger partial charge in [-0.3, -0.25) is 10.2 Å². The van der Waals surface area contributed by atoms with Gasteiger partial charge in [-0.25, -0.2) is 0 Å². The van der Waals surface area contributed by atoms with E-state index < -0.39 is 17.9 Å². The molecule has 0 saturated carbocycles. The maximum absolute atomic E-state index is 13.2. The van der Waals surface area contributed by atoms with Crippen LogP contribution in [0.5, 0.6) is 0 Å². The van der Waals surface area contributed by atoms with Crippen molar-refractivity contribution >= 4 is 28.5 Å². The summed E-state index contributed by atoms with van der Waals surface area (Å²) in [5, 5.41) is 19.5. The quantitative estimate of drug-likeness (QED) is 0.369. The van der Waals surface area contributed by atoms with Crippen LogP contribution in [0, 0.1) is 16.7 Å². The molecule has 2 atom stereocenters. The number of amides is 1. The number of hydrogen-bond acceptors (Lipinski definition) is 6. The van der Waals surface area contributed by atoms with Crippen molar-refractivity contribution in [3.63, 3.8) is 0 Å². The molecule has 1 aliphatic heterocycles. The lowest BCUT2D eigenvalue weighted by Gasteiger charge is -2.25. The lowest BCUT2D eigenvalue weighted by Crippen LogP contribution is -2.35. The van der Waals surface area contributed by atoms with Crippen LogP contribution in [0.4, 0.5) is 13.2 Å². The van der Waals surface area contributed by atoms with Crippen LogP contribution >= 0.6 is 11.3 Å². The molecule has 1 aliphatic rings. The second kappa shape index (κ2) is 11.3. The number of benzene rings is 1. The highest BCUT2D eigenvalue weighted by Crippen LogP contribution is 2.28. The molecular formula is C25H26F3N5OS. The van der Waals surface area contributed by atoms with Crippen molar-refractivity contribution < 1.29 is 18.0 Å². The molecule has 0 radical (unpaired) electrons. The predicted molar refractivity (Wildman–Crippen MR) is 131 cm³/mol. The number of hydrogen-bond donors (Lipinski definition) is 3. The van der Waals surface area contributed by atoms with Crippen molar-refractivity contribution in [2.45, 2.75) is 44.6 Å². The molecule has 184 valence electrons. The number of thiophene rings is 1. The number of alkyl halides is 3. The standard InChI is InChI=1S/C25H26F3N5OS/c1-16(32-14-21(24(31)25(26,27)28)17-5-3-2-4-6-17)11-19(30)7-8-23(34)33-10-9-18-12-20(13-29)35-22(18)15-33/h2-8,12,14,16,19,31-32H,9-11,15,30H2,1H3/b8-7+,21-14-,31-24?/t16?,19-/m1/s1. The Labute approximate surface area is 206 Å². The fraction of sp³-hybridized carbons (Fsp3) is 0.320. The molecule has 2 heterocycles. The van der Waals surface area contributed by atoms with Crippen molar-refractivity contribution in [3.8, 4) is 6.07 Å². The van der Waals surface area contributed by atoms with Crippen molar-refractivity contribution in [1.29, 1.82) is 10.7 Å². The zero-order chi connectivity index (χ0) is 25.6. The van der Waals surface area contributed by atoms with E-state index in [4.69, 9.17) is 16.4 Å². The lowest BCUT2D eigenvalue weighted by atomic mass is 10.0. The van der Waals surface area contributed by atoms with Gasteiger partial charge in [-0.05, 0) is 37.0 Å². The summed E-state index contributed by atoms with van der Waals surface area (Å²) in [5.74, 6) is -0.177. The molecular weight excluding hydrogens is 475 g/mol. The lowest BCUT2D eigenvalue weighted by molar-refractivity contribution is -0.126. The van der Waals surface area contributed by atoms with E-state index in [0.717, 1.165) is 10.4 Å². The van der Waals surface area contributed by atoms with Crippen LogP contribution in [0.15, 0.2) is 54.8 Å². The van der Waals surface area contributed by atoms with Crippen LogP contribution < -0.4 is 11.1 Å². The molecule has 6 nitrogen and oxygen atoms in total. The number of rotatable bonds is 8. The largest absolute Gasteiger partial charge is 0.433 e. The number of halogens is 3. The van der Waals surface area contributed by atoms with Crippen molar-refractivity contribution in [2.24, 2.45) is 5.73 Å². The number of nitrogens with two attached hydrogens (primary N) is 1. The van der Waals surface area contributed by atoms with Crippen LogP contribution in [-0.4, -0.2) is 41.3 Å². The highest BCUT2D eigenvalue weighted by molar-refractivity contribution is 7.12. The van der Waals surface area contributed by atoms with E-state index in [1.807, 2.05) is 6.07 Å². The minimum Gasteiger partial charge on any atom is -0.388 e. The average molecular weight is 502 g/mol. The highest BCUT2D eigenvalue weighted by atomic mass is 32.1. The van der Waals surface area contributed by atoms with Gasteiger partial charge in [-0.2, -0.15) is 18.4 Å². The van der Waals surface area contributed by atoms with Gasteiger partial charge in [0.25, 0.3) is 0 Å². The van der Waals surface area contributed by atoms with E-state index in [0.29, 0.717) is 30.8 Å². The first-order valence-corrected chi connectivity index (χ1v) is 11.8. The zero-order valence-corrected chi connectivity index (χ0v) is 19.9. The van der Waals surface area contributed by atoms with Gasteiger partial charge in [0.2, 0.25) is 5.91 Å². The third-order valence-corrected chi connectivity index (χ3v) is 6.63. The zero-order valence-electron chi connectivity index (χ0n) is 19.1. The first-order valence-electron chi connectivity index (χ1n) is 11.0. The summed E-state index contributed by atoms with van der Waals surface area (Å²) < 4.78 is 39.5. The third-order valence-electron chi connectivity index (χ3n) is 5.57. The van der Waals surface area contributed by atoms with Gasteiger partial charge in [0.1, 0.15) is 16.7 Å². The average Bonchev–Trinajstić information content (AvgIpc) is 3.25. The molecule has 2 aromatic rings. The Morgan fingerprint density at radius 1 is 1.37 bits per heavy atom. The topological polar surface area (TPSA) is 106 Å². The summed E-state index contributed by atoms with van der Waals surface area (Å²) >= 11 is 1.40. The first kappa shape index (κ1) is 26.2. The molecule has 1 amide bonds.